The largest absolute Gasteiger partial charge is 0.390 e. The highest BCUT2D eigenvalue weighted by Gasteiger charge is 2.36. The van der Waals surface area contributed by atoms with Crippen molar-refractivity contribution in [2.24, 2.45) is 11.3 Å². The van der Waals surface area contributed by atoms with E-state index in [2.05, 4.69) is 27.7 Å². The van der Waals surface area contributed by atoms with E-state index in [1.807, 2.05) is 0 Å². The molecule has 0 radical (unpaired) electrons. The monoisotopic (exact) mass is 284 g/mol. The van der Waals surface area contributed by atoms with E-state index in [9.17, 15) is 5.11 Å². The third-order valence-electron chi connectivity index (χ3n) is 5.35. The SMILES string of the molecule is CCCCCCCOC1CC(C(C)(C)CC)CCC1O. The molecule has 2 heteroatoms. The lowest BCUT2D eigenvalue weighted by atomic mass is 9.68. The van der Waals surface area contributed by atoms with E-state index < -0.39 is 0 Å². The molecule has 0 amide bonds. The molecule has 0 aromatic carbocycles. The summed E-state index contributed by atoms with van der Waals surface area (Å²) in [5.41, 5.74) is 0.378. The molecule has 1 saturated carbocycles. The highest BCUT2D eigenvalue weighted by Crippen LogP contribution is 2.41. The Morgan fingerprint density at radius 1 is 1.05 bits per heavy atom. The van der Waals surface area contributed by atoms with Crippen LogP contribution >= 0.6 is 0 Å². The maximum absolute atomic E-state index is 10.1. The molecule has 0 aliphatic heterocycles. The van der Waals surface area contributed by atoms with Crippen molar-refractivity contribution in [2.45, 2.75) is 97.7 Å². The Hall–Kier alpha value is -0.0800. The van der Waals surface area contributed by atoms with Crippen LogP contribution < -0.4 is 0 Å². The quantitative estimate of drug-likeness (QED) is 0.608. The van der Waals surface area contributed by atoms with Gasteiger partial charge in [0.25, 0.3) is 0 Å². The predicted octanol–water partition coefficient (Wildman–Crippen LogP) is 4.94. The van der Waals surface area contributed by atoms with E-state index in [0.717, 1.165) is 32.3 Å². The molecule has 120 valence electrons. The van der Waals surface area contributed by atoms with Crippen LogP contribution in [0.2, 0.25) is 0 Å². The molecule has 3 unspecified atom stereocenters. The summed E-state index contributed by atoms with van der Waals surface area (Å²) in [7, 11) is 0. The second kappa shape index (κ2) is 9.04. The molecular formula is C18H36O2. The molecule has 1 aliphatic carbocycles. The fourth-order valence-electron chi connectivity index (χ4n) is 3.23. The van der Waals surface area contributed by atoms with Crippen molar-refractivity contribution in [3.05, 3.63) is 0 Å². The molecule has 1 fully saturated rings. The van der Waals surface area contributed by atoms with Crippen LogP contribution in [0.5, 0.6) is 0 Å². The first-order chi connectivity index (χ1) is 9.51. The van der Waals surface area contributed by atoms with Gasteiger partial charge in [0.15, 0.2) is 0 Å². The molecule has 0 bridgehead atoms. The third-order valence-corrected chi connectivity index (χ3v) is 5.35. The average Bonchev–Trinajstić information content (AvgIpc) is 2.44. The zero-order chi connectivity index (χ0) is 15.0. The van der Waals surface area contributed by atoms with Crippen LogP contribution in [0.25, 0.3) is 0 Å². The maximum Gasteiger partial charge on any atom is 0.0836 e. The minimum atomic E-state index is -0.241. The third kappa shape index (κ3) is 5.73. The number of unbranched alkanes of at least 4 members (excludes halogenated alkanes) is 4. The number of hydrogen-bond acceptors (Lipinski definition) is 2. The summed E-state index contributed by atoms with van der Waals surface area (Å²) >= 11 is 0. The zero-order valence-electron chi connectivity index (χ0n) is 14.2. The molecule has 20 heavy (non-hydrogen) atoms. The number of aliphatic hydroxyl groups excluding tert-OH is 1. The normalized spacial score (nSPS) is 27.8. The first kappa shape index (κ1) is 18.0. The van der Waals surface area contributed by atoms with Crippen LogP contribution in [0.3, 0.4) is 0 Å². The second-order valence-electron chi connectivity index (χ2n) is 7.24. The predicted molar refractivity (Wildman–Crippen MR) is 85.9 cm³/mol. The summed E-state index contributed by atoms with van der Waals surface area (Å²) in [6.45, 7) is 10.1. The van der Waals surface area contributed by atoms with E-state index in [0.29, 0.717) is 11.3 Å². The molecule has 1 rings (SSSR count). The molecule has 3 atom stereocenters. The molecule has 0 spiro atoms. The zero-order valence-corrected chi connectivity index (χ0v) is 14.2. The van der Waals surface area contributed by atoms with Gasteiger partial charge >= 0.3 is 0 Å². The number of ether oxygens (including phenoxy) is 1. The Balaban J connectivity index is 2.29. The summed E-state index contributed by atoms with van der Waals surface area (Å²) in [5.74, 6) is 0.695. The lowest BCUT2D eigenvalue weighted by Gasteiger charge is -2.41. The van der Waals surface area contributed by atoms with Crippen molar-refractivity contribution >= 4 is 0 Å². The first-order valence-corrected chi connectivity index (χ1v) is 8.81. The van der Waals surface area contributed by atoms with Crippen molar-refractivity contribution in [1.82, 2.24) is 0 Å². The molecular weight excluding hydrogens is 248 g/mol. The lowest BCUT2D eigenvalue weighted by Crippen LogP contribution is -2.40. The van der Waals surface area contributed by atoms with E-state index >= 15 is 0 Å². The molecule has 0 aromatic rings. The number of rotatable bonds is 9. The molecule has 2 nitrogen and oxygen atoms in total. The van der Waals surface area contributed by atoms with Gasteiger partial charge in [-0.15, -0.1) is 0 Å². The van der Waals surface area contributed by atoms with E-state index in [1.54, 1.807) is 0 Å². The van der Waals surface area contributed by atoms with Crippen molar-refractivity contribution in [2.75, 3.05) is 6.61 Å². The average molecular weight is 284 g/mol. The molecule has 1 aliphatic rings. The number of aliphatic hydroxyl groups is 1. The topological polar surface area (TPSA) is 29.5 Å². The van der Waals surface area contributed by atoms with Crippen LogP contribution in [0.15, 0.2) is 0 Å². The van der Waals surface area contributed by atoms with Crippen LogP contribution in [-0.2, 0) is 4.74 Å². The summed E-state index contributed by atoms with van der Waals surface area (Å²) < 4.78 is 6.00. The summed E-state index contributed by atoms with van der Waals surface area (Å²) in [5, 5.41) is 10.1. The van der Waals surface area contributed by atoms with Gasteiger partial charge in [0, 0.05) is 6.61 Å². The van der Waals surface area contributed by atoms with Gasteiger partial charge in [0.2, 0.25) is 0 Å². The Morgan fingerprint density at radius 3 is 2.40 bits per heavy atom. The molecule has 1 N–H and O–H groups in total. The van der Waals surface area contributed by atoms with E-state index in [4.69, 9.17) is 4.74 Å². The number of hydrogen-bond donors (Lipinski definition) is 1. The molecule has 0 aromatic heterocycles. The molecule has 0 saturated heterocycles. The highest BCUT2D eigenvalue weighted by molar-refractivity contribution is 4.87. The Bertz CT molecular complexity index is 250. The minimum absolute atomic E-state index is 0.0748. The lowest BCUT2D eigenvalue weighted by molar-refractivity contribution is -0.0865. The van der Waals surface area contributed by atoms with Gasteiger partial charge in [-0.3, -0.25) is 0 Å². The van der Waals surface area contributed by atoms with Gasteiger partial charge in [-0.25, -0.2) is 0 Å². The van der Waals surface area contributed by atoms with Crippen LogP contribution in [0.1, 0.15) is 85.5 Å². The summed E-state index contributed by atoms with van der Waals surface area (Å²) in [6, 6.07) is 0. The fourth-order valence-corrected chi connectivity index (χ4v) is 3.23. The second-order valence-corrected chi connectivity index (χ2v) is 7.24. The first-order valence-electron chi connectivity index (χ1n) is 8.81. The van der Waals surface area contributed by atoms with Crippen molar-refractivity contribution in [1.29, 1.82) is 0 Å². The standard InChI is InChI=1S/C18H36O2/c1-5-7-8-9-10-13-20-17-14-15(11-12-16(17)19)18(3,4)6-2/h15-17,19H,5-14H2,1-4H3. The van der Waals surface area contributed by atoms with E-state index in [-0.39, 0.29) is 12.2 Å². The van der Waals surface area contributed by atoms with Gasteiger partial charge in [-0.05, 0) is 37.0 Å². The van der Waals surface area contributed by atoms with Gasteiger partial charge in [-0.1, -0.05) is 59.8 Å². The van der Waals surface area contributed by atoms with Crippen molar-refractivity contribution in [3.63, 3.8) is 0 Å². The minimum Gasteiger partial charge on any atom is -0.390 e. The van der Waals surface area contributed by atoms with Gasteiger partial charge < -0.3 is 9.84 Å². The van der Waals surface area contributed by atoms with Crippen molar-refractivity contribution < 1.29 is 9.84 Å². The Kier molecular flexibility index (Phi) is 8.13. The summed E-state index contributed by atoms with van der Waals surface area (Å²) in [6.07, 6.45) is 10.5. The highest BCUT2D eigenvalue weighted by atomic mass is 16.5. The van der Waals surface area contributed by atoms with Crippen LogP contribution in [0.4, 0.5) is 0 Å². The molecule has 0 heterocycles. The Morgan fingerprint density at radius 2 is 1.75 bits per heavy atom. The van der Waals surface area contributed by atoms with Gasteiger partial charge in [-0.2, -0.15) is 0 Å². The van der Waals surface area contributed by atoms with Gasteiger partial charge in [0.1, 0.15) is 0 Å². The van der Waals surface area contributed by atoms with Crippen LogP contribution in [0, 0.1) is 11.3 Å². The van der Waals surface area contributed by atoms with Crippen molar-refractivity contribution in [3.8, 4) is 0 Å². The smallest absolute Gasteiger partial charge is 0.0836 e. The Labute approximate surface area is 126 Å². The maximum atomic E-state index is 10.1. The van der Waals surface area contributed by atoms with E-state index in [1.165, 1.54) is 32.1 Å². The van der Waals surface area contributed by atoms with Gasteiger partial charge in [0.05, 0.1) is 12.2 Å². The summed E-state index contributed by atoms with van der Waals surface area (Å²) in [4.78, 5) is 0. The van der Waals surface area contributed by atoms with Crippen LogP contribution in [-0.4, -0.2) is 23.9 Å². The fraction of sp³-hybridized carbons (Fsp3) is 1.00.